The molecule has 6 heteroatoms. The number of carbonyl (C=O) groups excluding carboxylic acids is 1. The molecule has 0 aliphatic rings. The molecule has 0 amide bonds. The Kier molecular flexibility index (Phi) is 3.78. The molecule has 6 nitrogen and oxygen atoms in total. The molecule has 0 spiro atoms. The molecule has 0 aliphatic carbocycles. The molecular weight excluding hydrogens is 216 g/mol. The molecule has 2 unspecified atom stereocenters. The molecule has 0 fully saturated rings. The third-order valence-corrected chi connectivity index (χ3v) is 2.51. The summed E-state index contributed by atoms with van der Waals surface area (Å²) in [5, 5.41) is 18.5. The zero-order valence-electron chi connectivity index (χ0n) is 9.25. The van der Waals surface area contributed by atoms with Gasteiger partial charge in [-0.2, -0.15) is 0 Å². The van der Waals surface area contributed by atoms with Crippen molar-refractivity contribution in [1.29, 1.82) is 0 Å². The monoisotopic (exact) mass is 232 g/mol. The Morgan fingerprint density at radius 3 is 2.44 bits per heavy atom. The summed E-state index contributed by atoms with van der Waals surface area (Å²) in [6.07, 6.45) is 0.736. The highest BCUT2D eigenvalue weighted by Gasteiger charge is 2.23. The molecule has 0 aliphatic heterocycles. The minimum absolute atomic E-state index is 0.0349. The third-order valence-electron chi connectivity index (χ3n) is 2.51. The van der Waals surface area contributed by atoms with Crippen molar-refractivity contribution in [2.24, 2.45) is 11.7 Å². The van der Waals surface area contributed by atoms with Gasteiger partial charge in [0.1, 0.15) is 6.04 Å². The average molecular weight is 232 g/mol. The van der Waals surface area contributed by atoms with Crippen molar-refractivity contribution in [3.05, 3.63) is 12.1 Å². The number of aromatic nitrogens is 1. The lowest BCUT2D eigenvalue weighted by Gasteiger charge is -2.16. The Balaban J connectivity index is 2.71. The largest absolute Gasteiger partial charge is 0.492 e. The lowest BCUT2D eigenvalue weighted by Crippen LogP contribution is -2.42. The van der Waals surface area contributed by atoms with Gasteiger partial charge in [0.25, 0.3) is 0 Å². The van der Waals surface area contributed by atoms with E-state index >= 15 is 0 Å². The predicted octanol–water partition coefficient (Wildman–Crippen LogP) is 0.228. The van der Waals surface area contributed by atoms with Gasteiger partial charge in [-0.1, -0.05) is 20.3 Å². The molecule has 4 N–H and O–H groups in total. The van der Waals surface area contributed by atoms with Crippen molar-refractivity contribution in [2.75, 3.05) is 0 Å². The minimum atomic E-state index is -0.786. The van der Waals surface area contributed by atoms with Crippen LogP contribution < -0.4 is 10.6 Å². The second kappa shape index (κ2) is 4.89. The Hall–Kier alpha value is -1.69. The molecule has 0 bridgehead atoms. The SMILES string of the molecule is CCC(C)C([15NH2])[13C](=[18O])On1c(O)ccc1O. The van der Waals surface area contributed by atoms with Gasteiger partial charge in [0, 0.05) is 12.1 Å². The van der Waals surface area contributed by atoms with Crippen molar-refractivity contribution in [1.82, 2.24) is 4.73 Å². The van der Waals surface area contributed by atoms with Crippen molar-refractivity contribution in [3.63, 3.8) is 0 Å². The van der Waals surface area contributed by atoms with Crippen molar-refractivity contribution >= 4 is 5.97 Å². The normalized spacial score (nSPS) is 14.4. The molecule has 2 atom stereocenters. The van der Waals surface area contributed by atoms with Crippen LogP contribution in [0.4, 0.5) is 0 Å². The summed E-state index contributed by atoms with van der Waals surface area (Å²) in [5.41, 5.74) is 5.64. The number of hydrogen-bond donors (Lipinski definition) is 3. The van der Waals surface area contributed by atoms with E-state index in [4.69, 9.17) is 10.6 Å². The Bertz CT molecular complexity index is 355. The molecule has 1 aromatic rings. The fraction of sp³-hybridized carbons (Fsp3) is 0.500. The topological polar surface area (TPSA) is 97.7 Å². The van der Waals surface area contributed by atoms with Gasteiger partial charge >= 0.3 is 5.97 Å². The van der Waals surface area contributed by atoms with E-state index in [1.165, 1.54) is 12.1 Å². The highest BCUT2D eigenvalue weighted by atomic mass is 18.1. The van der Waals surface area contributed by atoms with Crippen LogP contribution in [0.3, 0.4) is 0 Å². The minimum Gasteiger partial charge on any atom is -0.492 e. The van der Waals surface area contributed by atoms with Gasteiger partial charge in [0.2, 0.25) is 11.8 Å². The van der Waals surface area contributed by atoms with Gasteiger partial charge in [0.05, 0.1) is 0 Å². The second-order valence-corrected chi connectivity index (χ2v) is 3.67. The molecule has 0 radical (unpaired) electrons. The number of aromatic hydroxyl groups is 2. The summed E-state index contributed by atoms with van der Waals surface area (Å²) in [7, 11) is 0. The lowest BCUT2D eigenvalue weighted by atomic mass is 10.1. The summed E-state index contributed by atoms with van der Waals surface area (Å²) in [4.78, 5) is 16.3. The average Bonchev–Trinajstić information content (AvgIpc) is 2.58. The quantitative estimate of drug-likeness (QED) is 0.392. The fourth-order valence-corrected chi connectivity index (χ4v) is 1.13. The molecular formula is C10H16N2O4. The van der Waals surface area contributed by atoms with Crippen molar-refractivity contribution < 1.29 is 19.8 Å². The predicted molar refractivity (Wildman–Crippen MR) is 56.8 cm³/mol. The molecule has 1 heterocycles. The van der Waals surface area contributed by atoms with Crippen LogP contribution in [-0.4, -0.2) is 27.0 Å². The van der Waals surface area contributed by atoms with E-state index in [1.54, 1.807) is 0 Å². The number of hydrogen-bond acceptors (Lipinski definition) is 5. The zero-order valence-corrected chi connectivity index (χ0v) is 9.25. The molecule has 0 saturated heterocycles. The van der Waals surface area contributed by atoms with Crippen LogP contribution in [-0.2, 0) is 4.79 Å². The lowest BCUT2D eigenvalue weighted by molar-refractivity contribution is -0.148. The van der Waals surface area contributed by atoms with Crippen LogP contribution in [0.1, 0.15) is 20.3 Å². The molecule has 1 rings (SSSR count). The number of carbonyl (C=O) groups is 1. The number of nitrogens with zero attached hydrogens (tertiary/aromatic N) is 1. The van der Waals surface area contributed by atoms with Crippen molar-refractivity contribution in [3.8, 4) is 11.8 Å². The Morgan fingerprint density at radius 1 is 1.50 bits per heavy atom. The fourth-order valence-electron chi connectivity index (χ4n) is 1.13. The maximum atomic E-state index is 11.5. The standard InChI is InChI=1S/C10H16N2O4/c1-3-6(2)9(11)10(15)16-12-7(13)4-5-8(12)14/h4-6,9,13-14H,3,11H2,1-2H3/i10+1,11+1,15+2. The summed E-state index contributed by atoms with van der Waals surface area (Å²) in [6.45, 7) is 3.73. The maximum absolute atomic E-state index is 11.5. The summed E-state index contributed by atoms with van der Waals surface area (Å²) >= 11 is 0. The summed E-state index contributed by atoms with van der Waals surface area (Å²) < 4.78 is 0.630. The van der Waals surface area contributed by atoms with Gasteiger partial charge in [-0.3, -0.25) is 0 Å². The molecule has 0 saturated carbocycles. The number of rotatable bonds is 4. The highest BCUT2D eigenvalue weighted by Crippen LogP contribution is 2.19. The van der Waals surface area contributed by atoms with Gasteiger partial charge in [-0.05, 0) is 5.92 Å². The second-order valence-electron chi connectivity index (χ2n) is 3.67. The first-order valence-corrected chi connectivity index (χ1v) is 5.04. The number of nitrogens with two attached hydrogens (primary N) is 1. The molecule has 1 aromatic heterocycles. The van der Waals surface area contributed by atoms with E-state index in [1.807, 2.05) is 13.8 Å². The van der Waals surface area contributed by atoms with Crippen LogP contribution in [0.15, 0.2) is 12.1 Å². The van der Waals surface area contributed by atoms with Crippen molar-refractivity contribution in [2.45, 2.75) is 26.3 Å². The zero-order chi connectivity index (χ0) is 12.3. The van der Waals surface area contributed by atoms with E-state index in [-0.39, 0.29) is 17.7 Å². The van der Waals surface area contributed by atoms with E-state index in [9.17, 15) is 15.0 Å². The molecule has 90 valence electrons. The summed E-state index contributed by atoms with van der Waals surface area (Å²) in [5.74, 6) is -1.45. The smallest absolute Gasteiger partial charge is 0.350 e. The van der Waals surface area contributed by atoms with E-state index in [2.05, 4.69) is 0 Å². The van der Waals surface area contributed by atoms with E-state index in [0.29, 0.717) is 4.73 Å². The van der Waals surface area contributed by atoms with Crippen LogP contribution in [0.25, 0.3) is 0 Å². The van der Waals surface area contributed by atoms with Gasteiger partial charge in [0.15, 0.2) is 0 Å². The third kappa shape index (κ3) is 2.46. The van der Waals surface area contributed by atoms with Crippen LogP contribution in [0.2, 0.25) is 0 Å². The van der Waals surface area contributed by atoms with E-state index in [0.717, 1.165) is 6.42 Å². The molecule has 0 aromatic carbocycles. The van der Waals surface area contributed by atoms with Crippen LogP contribution in [0, 0.1) is 5.92 Å². The van der Waals surface area contributed by atoms with E-state index < -0.39 is 12.0 Å². The Labute approximate surface area is 93.2 Å². The highest BCUT2D eigenvalue weighted by molar-refractivity contribution is 5.76. The first-order chi connectivity index (χ1) is 7.47. The van der Waals surface area contributed by atoms with Gasteiger partial charge in [-0.15, -0.1) is 4.73 Å². The molecule has 16 heavy (non-hydrogen) atoms. The first-order valence-electron chi connectivity index (χ1n) is 5.04. The maximum Gasteiger partial charge on any atom is 0.350 e. The van der Waals surface area contributed by atoms with Crippen LogP contribution in [0.5, 0.6) is 11.8 Å². The van der Waals surface area contributed by atoms with Crippen LogP contribution >= 0.6 is 0 Å². The first kappa shape index (κ1) is 12.4. The summed E-state index contributed by atoms with van der Waals surface area (Å²) in [6, 6.07) is 1.63. The van der Waals surface area contributed by atoms with Gasteiger partial charge in [-0.25, -0.2) is 4.79 Å². The Morgan fingerprint density at radius 2 is 2.00 bits per heavy atom. The van der Waals surface area contributed by atoms with Gasteiger partial charge < -0.3 is 20.8 Å².